The van der Waals surface area contributed by atoms with Gasteiger partial charge in [0.05, 0.1) is 39.2 Å². The van der Waals surface area contributed by atoms with Crippen molar-refractivity contribution in [3.8, 4) is 5.75 Å². The lowest BCUT2D eigenvalue weighted by Gasteiger charge is -2.25. The molecule has 0 fully saturated rings. The summed E-state index contributed by atoms with van der Waals surface area (Å²) in [6.07, 6.45) is 1.72. The van der Waals surface area contributed by atoms with Crippen LogP contribution in [0.1, 0.15) is 24.3 Å². The molecule has 3 aromatic carbocycles. The summed E-state index contributed by atoms with van der Waals surface area (Å²) in [5.74, 6) is 0.891. The van der Waals surface area contributed by atoms with E-state index in [0.29, 0.717) is 42.9 Å². The molecule has 0 spiro atoms. The van der Waals surface area contributed by atoms with E-state index in [2.05, 4.69) is 10.3 Å². The van der Waals surface area contributed by atoms with E-state index < -0.39 is 6.04 Å². The second kappa shape index (κ2) is 11.8. The summed E-state index contributed by atoms with van der Waals surface area (Å²) in [6, 6.07) is 27.6. The number of benzene rings is 3. The van der Waals surface area contributed by atoms with Gasteiger partial charge in [-0.25, -0.2) is 9.98 Å². The first-order valence-electron chi connectivity index (χ1n) is 13.6. The van der Waals surface area contributed by atoms with Gasteiger partial charge in [0, 0.05) is 11.8 Å². The van der Waals surface area contributed by atoms with Gasteiger partial charge in [-0.1, -0.05) is 53.8 Å². The van der Waals surface area contributed by atoms with Crippen LogP contribution in [-0.4, -0.2) is 22.6 Å². The van der Waals surface area contributed by atoms with Crippen molar-refractivity contribution in [1.82, 2.24) is 9.55 Å². The highest BCUT2D eigenvalue weighted by Gasteiger charge is 2.32. The van der Waals surface area contributed by atoms with Gasteiger partial charge in [-0.3, -0.25) is 14.2 Å². The van der Waals surface area contributed by atoms with Crippen molar-refractivity contribution in [3.05, 3.63) is 133 Å². The Morgan fingerprint density at radius 2 is 1.77 bits per heavy atom. The Morgan fingerprint density at radius 3 is 2.55 bits per heavy atom. The van der Waals surface area contributed by atoms with Gasteiger partial charge >= 0.3 is 0 Å². The molecule has 4 heterocycles. The third kappa shape index (κ3) is 5.41. The van der Waals surface area contributed by atoms with Crippen molar-refractivity contribution < 1.29 is 13.9 Å². The second-order valence-corrected chi connectivity index (χ2v) is 13.2. The third-order valence-corrected chi connectivity index (χ3v) is 10.1. The minimum absolute atomic E-state index is 0.260. The molecule has 0 saturated heterocycles. The fourth-order valence-corrected chi connectivity index (χ4v) is 8.01. The smallest absolute Gasteiger partial charge is 0.271 e. The van der Waals surface area contributed by atoms with Gasteiger partial charge in [-0.15, -0.1) is 11.3 Å². The molecule has 0 bridgehead atoms. The van der Waals surface area contributed by atoms with E-state index in [1.54, 1.807) is 36.0 Å². The highest BCUT2D eigenvalue weighted by molar-refractivity contribution is 8.01. The number of thiazole rings is 2. The number of ether oxygens (including phenoxy) is 1. The molecule has 1 atom stereocenters. The van der Waals surface area contributed by atoms with Crippen molar-refractivity contribution in [2.24, 2.45) is 4.99 Å². The number of allylic oxidation sites excluding steroid dienone is 1. The number of hydrogen-bond donors (Lipinski definition) is 1. The minimum atomic E-state index is -0.690. The van der Waals surface area contributed by atoms with Crippen molar-refractivity contribution in [2.45, 2.75) is 22.4 Å². The van der Waals surface area contributed by atoms with Crippen molar-refractivity contribution in [3.63, 3.8) is 0 Å². The third-order valence-electron chi connectivity index (χ3n) is 7.07. The number of anilines is 1. The lowest BCUT2D eigenvalue weighted by Crippen LogP contribution is -2.40. The quantitative estimate of drug-likeness (QED) is 0.223. The van der Waals surface area contributed by atoms with Gasteiger partial charge in [0.2, 0.25) is 0 Å². The first-order valence-corrected chi connectivity index (χ1v) is 16.1. The second-order valence-electron chi connectivity index (χ2n) is 9.88. The van der Waals surface area contributed by atoms with Crippen LogP contribution in [-0.2, 0) is 4.79 Å². The molecule has 11 heteroatoms. The highest BCUT2D eigenvalue weighted by atomic mass is 32.2. The molecular formula is C33H24N4O4S3. The van der Waals surface area contributed by atoms with Gasteiger partial charge in [0.15, 0.2) is 14.2 Å². The SMILES string of the molecule is COc1ccc([C@H]2C(C(=O)Nc3ccccc3)=C(C)N=c3s/c(=C/c4ccc(Sc5nc6ccccc6s5)o4)c(=O)n32)cc1. The molecule has 0 aliphatic carbocycles. The number of hydrogen-bond acceptors (Lipinski definition) is 9. The number of para-hydroxylation sites is 2. The summed E-state index contributed by atoms with van der Waals surface area (Å²) < 4.78 is 15.5. The van der Waals surface area contributed by atoms with Crippen molar-refractivity contribution in [2.75, 3.05) is 12.4 Å². The molecule has 3 aromatic heterocycles. The lowest BCUT2D eigenvalue weighted by molar-refractivity contribution is -0.113. The number of aromatic nitrogens is 2. The average molecular weight is 637 g/mol. The van der Waals surface area contributed by atoms with Crippen LogP contribution >= 0.6 is 34.4 Å². The Labute approximate surface area is 263 Å². The van der Waals surface area contributed by atoms with Crippen LogP contribution in [0.5, 0.6) is 5.75 Å². The van der Waals surface area contributed by atoms with Crippen LogP contribution < -0.4 is 24.9 Å². The Bertz CT molecular complexity index is 2200. The summed E-state index contributed by atoms with van der Waals surface area (Å²) >= 11 is 4.31. The van der Waals surface area contributed by atoms with E-state index in [-0.39, 0.29) is 11.5 Å². The monoisotopic (exact) mass is 636 g/mol. The Morgan fingerprint density at radius 1 is 1.00 bits per heavy atom. The molecule has 1 N–H and O–H groups in total. The molecule has 0 unspecified atom stereocenters. The van der Waals surface area contributed by atoms with E-state index in [0.717, 1.165) is 20.1 Å². The summed E-state index contributed by atoms with van der Waals surface area (Å²) in [6.45, 7) is 1.80. The topological polar surface area (TPSA) is 98.7 Å². The van der Waals surface area contributed by atoms with E-state index in [1.165, 1.54) is 23.1 Å². The average Bonchev–Trinajstić information content (AvgIpc) is 3.74. The summed E-state index contributed by atoms with van der Waals surface area (Å²) in [5, 5.41) is 3.65. The van der Waals surface area contributed by atoms with Crippen molar-refractivity contribution in [1.29, 1.82) is 0 Å². The minimum Gasteiger partial charge on any atom is -0.497 e. The molecule has 7 rings (SSSR count). The molecule has 1 aliphatic rings. The summed E-state index contributed by atoms with van der Waals surface area (Å²) in [4.78, 5) is 37.6. The number of furan rings is 1. The maximum Gasteiger partial charge on any atom is 0.271 e. The fraction of sp³-hybridized carbons (Fsp3) is 0.0909. The summed E-state index contributed by atoms with van der Waals surface area (Å²) in [7, 11) is 1.60. The van der Waals surface area contributed by atoms with Crippen LogP contribution in [0.25, 0.3) is 16.3 Å². The zero-order valence-electron chi connectivity index (χ0n) is 23.5. The molecule has 44 heavy (non-hydrogen) atoms. The Kier molecular flexibility index (Phi) is 7.51. The van der Waals surface area contributed by atoms with Crippen LogP contribution in [0.2, 0.25) is 0 Å². The maximum atomic E-state index is 14.0. The number of carbonyl (C=O) groups excluding carboxylic acids is 1. The number of nitrogens with one attached hydrogen (secondary N) is 1. The number of fused-ring (bicyclic) bond motifs is 2. The predicted molar refractivity (Wildman–Crippen MR) is 174 cm³/mol. The fourth-order valence-electron chi connectivity index (χ4n) is 5.01. The molecule has 1 aliphatic heterocycles. The first-order chi connectivity index (χ1) is 21.5. The van der Waals surface area contributed by atoms with Crippen LogP contribution in [0.4, 0.5) is 5.69 Å². The van der Waals surface area contributed by atoms with E-state index >= 15 is 0 Å². The van der Waals surface area contributed by atoms with E-state index in [1.807, 2.05) is 91.0 Å². The van der Waals surface area contributed by atoms with Crippen LogP contribution in [0, 0.1) is 0 Å². The first kappa shape index (κ1) is 28.1. The molecule has 1 amide bonds. The normalized spacial score (nSPS) is 14.9. The van der Waals surface area contributed by atoms with Gasteiger partial charge in [0.1, 0.15) is 11.5 Å². The number of amides is 1. The molecule has 218 valence electrons. The van der Waals surface area contributed by atoms with Gasteiger partial charge in [0.25, 0.3) is 11.5 Å². The Balaban J connectivity index is 1.26. The molecular weight excluding hydrogens is 613 g/mol. The van der Waals surface area contributed by atoms with Gasteiger partial charge in [-0.2, -0.15) is 0 Å². The molecule has 8 nitrogen and oxygen atoms in total. The highest BCUT2D eigenvalue weighted by Crippen LogP contribution is 2.35. The number of carbonyl (C=O) groups is 1. The number of nitrogens with zero attached hydrogens (tertiary/aromatic N) is 3. The summed E-state index contributed by atoms with van der Waals surface area (Å²) in [5.41, 5.74) is 3.04. The molecule has 6 aromatic rings. The molecule has 0 saturated carbocycles. The maximum absolute atomic E-state index is 14.0. The standard InChI is InChI=1S/C33H24N4O4S3/c1-19-28(30(38)35-21-8-4-3-5-9-21)29(20-12-14-22(40-2)15-13-20)37-31(39)26(42-32(37)34-19)18-23-16-17-27(41-23)44-33-36-24-10-6-7-11-25(24)43-33/h3-18,29H,1-2H3,(H,35,38)/b26-18+/t29-/m0/s1. The predicted octanol–water partition coefficient (Wildman–Crippen LogP) is 6.24. The Hall–Kier alpha value is -4.71. The van der Waals surface area contributed by atoms with E-state index in [4.69, 9.17) is 14.1 Å². The van der Waals surface area contributed by atoms with Gasteiger partial charge in [-0.05, 0) is 72.8 Å². The zero-order valence-corrected chi connectivity index (χ0v) is 26.0. The van der Waals surface area contributed by atoms with E-state index in [9.17, 15) is 9.59 Å². The number of rotatable bonds is 7. The zero-order chi connectivity index (χ0) is 30.2. The van der Waals surface area contributed by atoms with Crippen LogP contribution in [0.15, 0.2) is 126 Å². The largest absolute Gasteiger partial charge is 0.497 e. The molecule has 0 radical (unpaired) electrons. The lowest BCUT2D eigenvalue weighted by atomic mass is 9.95. The van der Waals surface area contributed by atoms with Crippen molar-refractivity contribution >= 4 is 62.3 Å². The van der Waals surface area contributed by atoms with Gasteiger partial charge < -0.3 is 14.5 Å². The van der Waals surface area contributed by atoms with Crippen LogP contribution in [0.3, 0.4) is 0 Å². The number of methoxy groups -OCH3 is 1.